The van der Waals surface area contributed by atoms with Crippen LogP contribution in [0.3, 0.4) is 0 Å². The van der Waals surface area contributed by atoms with Gasteiger partial charge in [0.25, 0.3) is 0 Å². The minimum atomic E-state index is 0. The number of hydrogen-bond acceptors (Lipinski definition) is 3. The molecule has 3 rings (SSSR count). The lowest BCUT2D eigenvalue weighted by Crippen LogP contribution is -3.00. The summed E-state index contributed by atoms with van der Waals surface area (Å²) < 4.78 is 6.89. The van der Waals surface area contributed by atoms with Crippen LogP contribution in [0.5, 0.6) is 17.4 Å². The molecule has 0 bridgehead atoms. The van der Waals surface area contributed by atoms with Gasteiger partial charge in [0.1, 0.15) is 0 Å². The van der Waals surface area contributed by atoms with Crippen LogP contribution in [0.25, 0.3) is 10.8 Å². The zero-order valence-electron chi connectivity index (χ0n) is 13.0. The standard InChI is InChI=1S/C18H16ClNO3.ClH/c1-23-17-9-14-11-20(18(22)10-13(14)8-16(17)21)6-5-12-3-2-4-15(19)7-12;/h2-4,7-11H,5-6H2,1H3,(H,21,22);1H. The Hall–Kier alpha value is -2.17. The molecule has 0 aliphatic carbocycles. The lowest BCUT2D eigenvalue weighted by atomic mass is 10.1. The average Bonchev–Trinajstić information content (AvgIpc) is 2.52. The van der Waals surface area contributed by atoms with Crippen LogP contribution in [0, 0.1) is 0 Å². The van der Waals surface area contributed by atoms with Crippen LogP contribution in [-0.2, 0) is 13.0 Å². The Morgan fingerprint density at radius 1 is 1.08 bits per heavy atom. The predicted molar refractivity (Wildman–Crippen MR) is 89.2 cm³/mol. The van der Waals surface area contributed by atoms with Crippen molar-refractivity contribution in [3.8, 4) is 17.4 Å². The number of nitrogens with zero attached hydrogens (tertiary/aromatic N) is 1. The van der Waals surface area contributed by atoms with Gasteiger partial charge < -0.3 is 27.4 Å². The monoisotopic (exact) mass is 365 g/mol. The summed E-state index contributed by atoms with van der Waals surface area (Å²) in [7, 11) is 1.51. The summed E-state index contributed by atoms with van der Waals surface area (Å²) >= 11 is 5.99. The molecule has 3 aromatic rings. The quantitative estimate of drug-likeness (QED) is 0.660. The van der Waals surface area contributed by atoms with Gasteiger partial charge in [-0.25, -0.2) is 0 Å². The number of ether oxygens (including phenoxy) is 1. The van der Waals surface area contributed by atoms with Gasteiger partial charge in [-0.3, -0.25) is 0 Å². The van der Waals surface area contributed by atoms with E-state index in [0.717, 1.165) is 22.8 Å². The number of fused-ring (bicyclic) bond motifs is 1. The molecule has 2 N–H and O–H groups in total. The van der Waals surface area contributed by atoms with Crippen LogP contribution in [0.2, 0.25) is 5.02 Å². The fourth-order valence-electron chi connectivity index (χ4n) is 2.58. The SMILES string of the molecule is COc1cc2c[n+](CCc3cccc(Cl)c3)c(O)cc2cc1O.[Cl-]. The highest BCUT2D eigenvalue weighted by Gasteiger charge is 2.14. The number of halogens is 2. The van der Waals surface area contributed by atoms with E-state index >= 15 is 0 Å². The molecule has 0 atom stereocenters. The van der Waals surface area contributed by atoms with Gasteiger partial charge in [-0.15, -0.1) is 0 Å². The molecular weight excluding hydrogens is 349 g/mol. The smallest absolute Gasteiger partial charge is 0.365 e. The van der Waals surface area contributed by atoms with Crippen LogP contribution in [0.1, 0.15) is 5.56 Å². The largest absolute Gasteiger partial charge is 1.00 e. The average molecular weight is 366 g/mol. The first-order chi connectivity index (χ1) is 11.1. The van der Waals surface area contributed by atoms with Crippen molar-refractivity contribution in [2.75, 3.05) is 7.11 Å². The van der Waals surface area contributed by atoms with E-state index in [4.69, 9.17) is 16.3 Å². The number of aryl methyl sites for hydroxylation is 2. The Kier molecular flexibility index (Phi) is 5.75. The van der Waals surface area contributed by atoms with Crippen LogP contribution >= 0.6 is 11.6 Å². The molecule has 1 heterocycles. The van der Waals surface area contributed by atoms with Gasteiger partial charge in [0.15, 0.2) is 24.2 Å². The van der Waals surface area contributed by atoms with E-state index < -0.39 is 0 Å². The zero-order chi connectivity index (χ0) is 16.4. The fraction of sp³-hybridized carbons (Fsp3) is 0.167. The topological polar surface area (TPSA) is 53.6 Å². The Morgan fingerprint density at radius 2 is 1.88 bits per heavy atom. The first-order valence-corrected chi connectivity index (χ1v) is 7.62. The highest BCUT2D eigenvalue weighted by molar-refractivity contribution is 6.30. The fourth-order valence-corrected chi connectivity index (χ4v) is 2.79. The number of phenols is 1. The number of rotatable bonds is 4. The first kappa shape index (κ1) is 18.2. The van der Waals surface area contributed by atoms with Crippen molar-refractivity contribution < 1.29 is 31.9 Å². The molecule has 0 aliphatic rings. The molecular formula is C18H17Cl2NO3. The zero-order valence-corrected chi connectivity index (χ0v) is 14.6. The van der Waals surface area contributed by atoms with Crippen molar-refractivity contribution in [3.63, 3.8) is 0 Å². The number of pyridine rings is 1. The molecule has 0 saturated carbocycles. The Bertz CT molecular complexity index is 868. The minimum Gasteiger partial charge on any atom is -1.00 e. The molecule has 0 fully saturated rings. The number of phenolic OH excluding ortho intramolecular Hbond substituents is 1. The van der Waals surface area contributed by atoms with Gasteiger partial charge in [0.2, 0.25) is 0 Å². The number of benzene rings is 2. The van der Waals surface area contributed by atoms with E-state index in [1.165, 1.54) is 7.11 Å². The van der Waals surface area contributed by atoms with Gasteiger partial charge in [-0.1, -0.05) is 23.7 Å². The molecule has 0 unspecified atom stereocenters. The van der Waals surface area contributed by atoms with E-state index in [2.05, 4.69) is 0 Å². The second kappa shape index (κ2) is 7.60. The molecule has 126 valence electrons. The lowest BCUT2D eigenvalue weighted by molar-refractivity contribution is -0.700. The van der Waals surface area contributed by atoms with Gasteiger partial charge in [0, 0.05) is 22.2 Å². The maximum atomic E-state index is 10.2. The second-order valence-electron chi connectivity index (χ2n) is 5.36. The highest BCUT2D eigenvalue weighted by atomic mass is 35.5. The normalized spacial score (nSPS) is 10.4. The van der Waals surface area contributed by atoms with Crippen molar-refractivity contribution in [1.29, 1.82) is 0 Å². The summed E-state index contributed by atoms with van der Waals surface area (Å²) in [5.41, 5.74) is 1.10. The molecule has 0 saturated heterocycles. The second-order valence-corrected chi connectivity index (χ2v) is 5.79. The van der Waals surface area contributed by atoms with E-state index in [1.807, 2.05) is 30.5 Å². The molecule has 0 spiro atoms. The maximum absolute atomic E-state index is 10.2. The van der Waals surface area contributed by atoms with Crippen molar-refractivity contribution >= 4 is 22.4 Å². The molecule has 2 aromatic carbocycles. The molecule has 4 nitrogen and oxygen atoms in total. The first-order valence-electron chi connectivity index (χ1n) is 7.24. The minimum absolute atomic E-state index is 0. The van der Waals surface area contributed by atoms with E-state index in [-0.39, 0.29) is 24.0 Å². The van der Waals surface area contributed by atoms with E-state index in [1.54, 1.807) is 22.8 Å². The molecule has 0 aliphatic heterocycles. The third-order valence-electron chi connectivity index (χ3n) is 3.79. The van der Waals surface area contributed by atoms with E-state index in [0.29, 0.717) is 17.3 Å². The maximum Gasteiger partial charge on any atom is 0.365 e. The molecule has 1 aromatic heterocycles. The van der Waals surface area contributed by atoms with Crippen LogP contribution < -0.4 is 21.7 Å². The number of methoxy groups -OCH3 is 1. The lowest BCUT2D eigenvalue weighted by Gasteiger charge is -2.06. The van der Waals surface area contributed by atoms with Crippen molar-refractivity contribution in [2.24, 2.45) is 0 Å². The summed E-state index contributed by atoms with van der Waals surface area (Å²) in [6.45, 7) is 0.616. The number of aromatic hydroxyl groups is 2. The van der Waals surface area contributed by atoms with Crippen molar-refractivity contribution in [3.05, 3.63) is 59.2 Å². The Labute approximate surface area is 151 Å². The van der Waals surface area contributed by atoms with E-state index in [9.17, 15) is 10.2 Å². The molecule has 0 amide bonds. The molecule has 24 heavy (non-hydrogen) atoms. The third kappa shape index (κ3) is 3.83. The Morgan fingerprint density at radius 3 is 2.58 bits per heavy atom. The highest BCUT2D eigenvalue weighted by Crippen LogP contribution is 2.31. The van der Waals surface area contributed by atoms with Crippen molar-refractivity contribution in [2.45, 2.75) is 13.0 Å². The van der Waals surface area contributed by atoms with Crippen molar-refractivity contribution in [1.82, 2.24) is 0 Å². The predicted octanol–water partition coefficient (Wildman–Crippen LogP) is 0.447. The van der Waals surface area contributed by atoms with Gasteiger partial charge in [-0.2, -0.15) is 4.57 Å². The molecule has 0 radical (unpaired) electrons. The summed E-state index contributed by atoms with van der Waals surface area (Å²) in [5, 5.41) is 22.3. The summed E-state index contributed by atoms with van der Waals surface area (Å²) in [6.07, 6.45) is 2.59. The summed E-state index contributed by atoms with van der Waals surface area (Å²) in [5.74, 6) is 0.602. The summed E-state index contributed by atoms with van der Waals surface area (Å²) in [6, 6.07) is 12.6. The van der Waals surface area contributed by atoms with Crippen LogP contribution in [0.15, 0.2) is 48.7 Å². The third-order valence-corrected chi connectivity index (χ3v) is 4.02. The Balaban J connectivity index is 0.00000208. The molecule has 6 heteroatoms. The summed E-state index contributed by atoms with van der Waals surface area (Å²) in [4.78, 5) is 0. The number of aromatic nitrogens is 1. The van der Waals surface area contributed by atoms with Gasteiger partial charge in [-0.05, 0) is 29.8 Å². The number of hydrogen-bond donors (Lipinski definition) is 2. The van der Waals surface area contributed by atoms with Crippen LogP contribution in [0.4, 0.5) is 0 Å². The van der Waals surface area contributed by atoms with Crippen LogP contribution in [-0.4, -0.2) is 17.3 Å². The van der Waals surface area contributed by atoms with Gasteiger partial charge >= 0.3 is 5.88 Å². The van der Waals surface area contributed by atoms with Gasteiger partial charge in [0.05, 0.1) is 13.2 Å².